The van der Waals surface area contributed by atoms with Gasteiger partial charge in [-0.25, -0.2) is 19.1 Å². The Balaban J connectivity index is 2.06. The van der Waals surface area contributed by atoms with Gasteiger partial charge < -0.3 is 10.5 Å². The van der Waals surface area contributed by atoms with Crippen molar-refractivity contribution < 1.29 is 18.7 Å². The van der Waals surface area contributed by atoms with E-state index in [9.17, 15) is 14.0 Å². The van der Waals surface area contributed by atoms with E-state index in [1.165, 1.54) is 18.2 Å². The second-order valence-corrected chi connectivity index (χ2v) is 8.15. The number of hydrogen-bond donors (Lipinski definition) is 1. The Labute approximate surface area is 171 Å². The second-order valence-electron chi connectivity index (χ2n) is 7.17. The number of nitrogens with two attached hydrogens (primary N) is 1. The predicted molar refractivity (Wildman–Crippen MR) is 111 cm³/mol. The van der Waals surface area contributed by atoms with Crippen LogP contribution >= 0.6 is 11.3 Å². The van der Waals surface area contributed by atoms with E-state index in [1.54, 1.807) is 57.2 Å². The number of thiazole rings is 1. The third kappa shape index (κ3) is 4.60. The fraction of sp³-hybridized carbons (Fsp3) is 0.190. The van der Waals surface area contributed by atoms with Crippen molar-refractivity contribution in [3.05, 3.63) is 70.9 Å². The van der Waals surface area contributed by atoms with Crippen LogP contribution in [-0.4, -0.2) is 22.5 Å². The molecule has 0 spiro atoms. The van der Waals surface area contributed by atoms with E-state index in [0.29, 0.717) is 5.56 Å². The molecule has 2 N–H and O–H groups in total. The minimum absolute atomic E-state index is 0.0382. The number of rotatable bonds is 4. The van der Waals surface area contributed by atoms with Gasteiger partial charge >= 0.3 is 6.09 Å². The fourth-order valence-electron chi connectivity index (χ4n) is 2.52. The topological polar surface area (TPSA) is 85.5 Å². The quantitative estimate of drug-likeness (QED) is 0.597. The monoisotopic (exact) mass is 413 g/mol. The lowest BCUT2D eigenvalue weighted by Crippen LogP contribution is -2.34. The van der Waals surface area contributed by atoms with Crippen molar-refractivity contribution in [2.45, 2.75) is 26.4 Å². The predicted octanol–water partition coefficient (Wildman–Crippen LogP) is 5.17. The molecule has 8 heteroatoms. The van der Waals surface area contributed by atoms with E-state index in [2.05, 4.69) is 4.98 Å². The molecule has 0 fully saturated rings. The fourth-order valence-corrected chi connectivity index (χ4v) is 3.47. The number of nitrogens with zero attached hydrogens (tertiary/aromatic N) is 2. The van der Waals surface area contributed by atoms with Crippen molar-refractivity contribution >= 4 is 39.9 Å². The standard InChI is InChI=1S/C21H20FN3O3S/c1-21(2,3)28-20(27)25(15-12-8-7-11-14(15)22)19-24-18(23)17(29-19)16(26)13-9-5-4-6-10-13/h4-12H,23H2,1-3H3. The number of para-hydroxylation sites is 1. The Kier molecular flexibility index (Phi) is 5.65. The number of ketones is 1. The third-order valence-corrected chi connectivity index (χ3v) is 4.80. The summed E-state index contributed by atoms with van der Waals surface area (Å²) in [5.41, 5.74) is 5.54. The van der Waals surface area contributed by atoms with Gasteiger partial charge in [0.1, 0.15) is 22.1 Å². The lowest BCUT2D eigenvalue weighted by molar-refractivity contribution is 0.0598. The van der Waals surface area contributed by atoms with E-state index in [-0.39, 0.29) is 27.3 Å². The molecule has 1 amide bonds. The average Bonchev–Trinajstić information content (AvgIpc) is 3.03. The number of nitrogen functional groups attached to an aromatic ring is 1. The summed E-state index contributed by atoms with van der Waals surface area (Å²) in [6.45, 7) is 5.10. The molecule has 1 aromatic heterocycles. The molecule has 0 radical (unpaired) electrons. The van der Waals surface area contributed by atoms with Gasteiger partial charge in [0.05, 0.1) is 5.69 Å². The Bertz CT molecular complexity index is 1040. The van der Waals surface area contributed by atoms with Gasteiger partial charge in [0.25, 0.3) is 0 Å². The summed E-state index contributed by atoms with van der Waals surface area (Å²) >= 11 is 0.901. The first-order valence-electron chi connectivity index (χ1n) is 8.81. The highest BCUT2D eigenvalue weighted by Crippen LogP contribution is 2.36. The van der Waals surface area contributed by atoms with Crippen LogP contribution in [0.4, 0.5) is 25.8 Å². The molecule has 29 heavy (non-hydrogen) atoms. The molecular weight excluding hydrogens is 393 g/mol. The summed E-state index contributed by atoms with van der Waals surface area (Å²) in [5, 5.41) is 0.0427. The molecule has 3 aromatic rings. The van der Waals surface area contributed by atoms with Crippen LogP contribution in [0.15, 0.2) is 54.6 Å². The summed E-state index contributed by atoms with van der Waals surface area (Å²) < 4.78 is 19.9. The van der Waals surface area contributed by atoms with E-state index in [1.807, 2.05) is 0 Å². The van der Waals surface area contributed by atoms with Crippen LogP contribution in [0.3, 0.4) is 0 Å². The maximum Gasteiger partial charge on any atom is 0.421 e. The molecule has 0 saturated carbocycles. The zero-order valence-electron chi connectivity index (χ0n) is 16.2. The maximum atomic E-state index is 14.5. The average molecular weight is 413 g/mol. The van der Waals surface area contributed by atoms with Crippen molar-refractivity contribution in [1.29, 1.82) is 0 Å². The largest absolute Gasteiger partial charge is 0.443 e. The summed E-state index contributed by atoms with van der Waals surface area (Å²) in [4.78, 5) is 30.9. The normalized spacial score (nSPS) is 11.2. The molecule has 0 unspecified atom stereocenters. The number of benzene rings is 2. The summed E-state index contributed by atoms with van der Waals surface area (Å²) in [5.74, 6) is -1.00. The van der Waals surface area contributed by atoms with Crippen LogP contribution in [0.5, 0.6) is 0 Å². The maximum absolute atomic E-state index is 14.5. The van der Waals surface area contributed by atoms with E-state index in [0.717, 1.165) is 16.2 Å². The van der Waals surface area contributed by atoms with Crippen molar-refractivity contribution in [1.82, 2.24) is 4.98 Å². The highest BCUT2D eigenvalue weighted by atomic mass is 32.1. The number of anilines is 3. The number of ether oxygens (including phenoxy) is 1. The SMILES string of the molecule is CC(C)(C)OC(=O)N(c1nc(N)c(C(=O)c2ccccc2)s1)c1ccccc1F. The molecule has 0 aliphatic carbocycles. The van der Waals surface area contributed by atoms with Crippen LogP contribution in [0.2, 0.25) is 0 Å². The zero-order chi connectivity index (χ0) is 21.2. The van der Waals surface area contributed by atoms with Crippen molar-refractivity contribution in [2.24, 2.45) is 0 Å². The van der Waals surface area contributed by atoms with E-state index in [4.69, 9.17) is 10.5 Å². The Hall–Kier alpha value is -3.26. The smallest absolute Gasteiger partial charge is 0.421 e. The molecule has 0 aliphatic rings. The van der Waals surface area contributed by atoms with Gasteiger partial charge in [-0.05, 0) is 32.9 Å². The molecule has 3 rings (SSSR count). The minimum atomic E-state index is -0.824. The zero-order valence-corrected chi connectivity index (χ0v) is 17.0. The lowest BCUT2D eigenvalue weighted by atomic mass is 10.1. The molecule has 0 saturated heterocycles. The van der Waals surface area contributed by atoms with Crippen molar-refractivity contribution in [3.63, 3.8) is 0 Å². The number of carbonyl (C=O) groups is 2. The number of hydrogen-bond acceptors (Lipinski definition) is 6. The van der Waals surface area contributed by atoms with Gasteiger partial charge in [0.2, 0.25) is 10.9 Å². The van der Waals surface area contributed by atoms with Gasteiger partial charge in [-0.3, -0.25) is 4.79 Å². The van der Waals surface area contributed by atoms with Crippen molar-refractivity contribution in [3.8, 4) is 0 Å². The van der Waals surface area contributed by atoms with Crippen LogP contribution in [-0.2, 0) is 4.74 Å². The molecule has 2 aromatic carbocycles. The van der Waals surface area contributed by atoms with Gasteiger partial charge in [-0.2, -0.15) is 0 Å². The van der Waals surface area contributed by atoms with Crippen LogP contribution in [0.1, 0.15) is 36.0 Å². The summed E-state index contributed by atoms with van der Waals surface area (Å²) in [6.07, 6.45) is -0.824. The molecular formula is C21H20FN3O3S. The molecule has 6 nitrogen and oxygen atoms in total. The van der Waals surface area contributed by atoms with Gasteiger partial charge in [-0.15, -0.1) is 0 Å². The molecule has 1 heterocycles. The lowest BCUT2D eigenvalue weighted by Gasteiger charge is -2.26. The Morgan fingerprint density at radius 2 is 1.69 bits per heavy atom. The number of amides is 1. The van der Waals surface area contributed by atoms with Crippen LogP contribution < -0.4 is 10.6 Å². The first-order valence-corrected chi connectivity index (χ1v) is 9.62. The van der Waals surface area contributed by atoms with E-state index >= 15 is 0 Å². The molecule has 0 bridgehead atoms. The van der Waals surface area contributed by atoms with Gasteiger partial charge in [0.15, 0.2) is 0 Å². The molecule has 150 valence electrons. The summed E-state index contributed by atoms with van der Waals surface area (Å²) in [6, 6.07) is 14.3. The Morgan fingerprint density at radius 3 is 2.31 bits per heavy atom. The van der Waals surface area contributed by atoms with Crippen LogP contribution in [0.25, 0.3) is 0 Å². The van der Waals surface area contributed by atoms with E-state index < -0.39 is 17.5 Å². The highest BCUT2D eigenvalue weighted by molar-refractivity contribution is 7.18. The minimum Gasteiger partial charge on any atom is -0.443 e. The first-order chi connectivity index (χ1) is 13.7. The first kappa shape index (κ1) is 20.5. The number of halogens is 1. The number of carbonyl (C=O) groups excluding carboxylic acids is 2. The van der Waals surface area contributed by atoms with Crippen molar-refractivity contribution in [2.75, 3.05) is 10.6 Å². The highest BCUT2D eigenvalue weighted by Gasteiger charge is 2.31. The van der Waals surface area contributed by atoms with Gasteiger partial charge in [0, 0.05) is 5.56 Å². The third-order valence-electron chi connectivity index (χ3n) is 3.75. The number of aromatic nitrogens is 1. The second kappa shape index (κ2) is 8.00. The summed E-state index contributed by atoms with van der Waals surface area (Å²) in [7, 11) is 0. The van der Waals surface area contributed by atoms with Gasteiger partial charge in [-0.1, -0.05) is 53.8 Å². The van der Waals surface area contributed by atoms with Crippen LogP contribution in [0, 0.1) is 5.82 Å². The molecule has 0 atom stereocenters. The molecule has 0 aliphatic heterocycles. The Morgan fingerprint density at radius 1 is 1.07 bits per heavy atom.